The van der Waals surface area contributed by atoms with Gasteiger partial charge in [-0.3, -0.25) is 14.8 Å². The van der Waals surface area contributed by atoms with Crippen molar-refractivity contribution in [2.45, 2.75) is 24.9 Å². The highest BCUT2D eigenvalue weighted by Crippen LogP contribution is 2.23. The Morgan fingerprint density at radius 2 is 1.94 bits per heavy atom. The minimum Gasteiger partial charge on any atom is -0.497 e. The number of nitrogens with zero attached hydrogens (tertiary/aromatic N) is 3. The molecular weight excluding hydrogens is 394 g/mol. The van der Waals surface area contributed by atoms with Gasteiger partial charge in [0.05, 0.1) is 33.0 Å². The number of rotatable bonds is 10. The van der Waals surface area contributed by atoms with E-state index in [0.717, 1.165) is 70.8 Å². The van der Waals surface area contributed by atoms with Gasteiger partial charge in [0.15, 0.2) is 5.96 Å². The number of benzene rings is 1. The second kappa shape index (κ2) is 12.9. The van der Waals surface area contributed by atoms with E-state index in [0.29, 0.717) is 6.04 Å². The summed E-state index contributed by atoms with van der Waals surface area (Å²) in [5.41, 5.74) is 1.27. The SMILES string of the molecule is CN=C(NCC1CCCN1CCOC)NCC(c1ccc(OC)cc1)N1CCOCC1. The number of hydrogen-bond acceptors (Lipinski definition) is 6. The third kappa shape index (κ3) is 7.07. The largest absolute Gasteiger partial charge is 0.497 e. The van der Waals surface area contributed by atoms with Crippen molar-refractivity contribution in [3.05, 3.63) is 29.8 Å². The monoisotopic (exact) mass is 433 g/mol. The first kappa shape index (κ1) is 23.8. The van der Waals surface area contributed by atoms with E-state index in [2.05, 4.69) is 37.6 Å². The van der Waals surface area contributed by atoms with E-state index in [1.807, 2.05) is 19.2 Å². The number of aliphatic imine (C=N–C) groups is 1. The van der Waals surface area contributed by atoms with Crippen molar-refractivity contribution < 1.29 is 14.2 Å². The molecular formula is C23H39N5O3. The fourth-order valence-corrected chi connectivity index (χ4v) is 4.43. The summed E-state index contributed by atoms with van der Waals surface area (Å²) < 4.78 is 16.2. The molecule has 31 heavy (non-hydrogen) atoms. The highest BCUT2D eigenvalue weighted by Gasteiger charge is 2.25. The fourth-order valence-electron chi connectivity index (χ4n) is 4.43. The zero-order valence-corrected chi connectivity index (χ0v) is 19.3. The molecule has 0 saturated carbocycles. The van der Waals surface area contributed by atoms with E-state index in [4.69, 9.17) is 14.2 Å². The van der Waals surface area contributed by atoms with Crippen LogP contribution in [0.2, 0.25) is 0 Å². The van der Waals surface area contributed by atoms with E-state index in [1.165, 1.54) is 18.4 Å². The van der Waals surface area contributed by atoms with Gasteiger partial charge in [-0.05, 0) is 37.1 Å². The van der Waals surface area contributed by atoms with Crippen LogP contribution >= 0.6 is 0 Å². The molecule has 0 aliphatic carbocycles. The number of ether oxygens (including phenoxy) is 3. The number of nitrogens with one attached hydrogen (secondary N) is 2. The van der Waals surface area contributed by atoms with Crippen molar-refractivity contribution in [1.82, 2.24) is 20.4 Å². The topological polar surface area (TPSA) is 70.6 Å². The molecule has 2 aliphatic heterocycles. The molecule has 0 spiro atoms. The summed E-state index contributed by atoms with van der Waals surface area (Å²) in [6.07, 6.45) is 2.47. The quantitative estimate of drug-likeness (QED) is 0.426. The summed E-state index contributed by atoms with van der Waals surface area (Å²) in [6, 6.07) is 9.16. The van der Waals surface area contributed by atoms with Gasteiger partial charge in [0, 0.05) is 52.9 Å². The van der Waals surface area contributed by atoms with Crippen LogP contribution in [0, 0.1) is 0 Å². The Morgan fingerprint density at radius 3 is 2.61 bits per heavy atom. The molecule has 0 radical (unpaired) electrons. The van der Waals surface area contributed by atoms with Gasteiger partial charge in [-0.1, -0.05) is 12.1 Å². The molecule has 2 unspecified atom stereocenters. The van der Waals surface area contributed by atoms with Gasteiger partial charge in [-0.25, -0.2) is 0 Å². The van der Waals surface area contributed by atoms with Crippen LogP contribution in [0.15, 0.2) is 29.3 Å². The van der Waals surface area contributed by atoms with E-state index in [-0.39, 0.29) is 6.04 Å². The molecule has 1 aromatic carbocycles. The van der Waals surface area contributed by atoms with Gasteiger partial charge in [-0.2, -0.15) is 0 Å². The van der Waals surface area contributed by atoms with Crippen molar-refractivity contribution in [2.24, 2.45) is 4.99 Å². The van der Waals surface area contributed by atoms with Crippen molar-refractivity contribution in [3.8, 4) is 5.75 Å². The minimum atomic E-state index is 0.248. The highest BCUT2D eigenvalue weighted by atomic mass is 16.5. The number of likely N-dealkylation sites (tertiary alicyclic amines) is 1. The van der Waals surface area contributed by atoms with Gasteiger partial charge in [0.25, 0.3) is 0 Å². The number of methoxy groups -OCH3 is 2. The predicted molar refractivity (Wildman–Crippen MR) is 124 cm³/mol. The first-order valence-electron chi connectivity index (χ1n) is 11.4. The van der Waals surface area contributed by atoms with E-state index in [1.54, 1.807) is 14.2 Å². The van der Waals surface area contributed by atoms with Crippen LogP contribution < -0.4 is 15.4 Å². The summed E-state index contributed by atoms with van der Waals surface area (Å²) in [5, 5.41) is 7.10. The van der Waals surface area contributed by atoms with Crippen LogP contribution in [0.3, 0.4) is 0 Å². The van der Waals surface area contributed by atoms with Gasteiger partial charge in [0.2, 0.25) is 0 Å². The summed E-state index contributed by atoms with van der Waals surface area (Å²) in [4.78, 5) is 9.46. The molecule has 8 nitrogen and oxygen atoms in total. The predicted octanol–water partition coefficient (Wildman–Crippen LogP) is 1.34. The Morgan fingerprint density at radius 1 is 1.16 bits per heavy atom. The van der Waals surface area contributed by atoms with Gasteiger partial charge < -0.3 is 24.8 Å². The van der Waals surface area contributed by atoms with Crippen molar-refractivity contribution in [3.63, 3.8) is 0 Å². The first-order chi connectivity index (χ1) is 15.2. The van der Waals surface area contributed by atoms with Crippen LogP contribution in [-0.2, 0) is 9.47 Å². The molecule has 2 saturated heterocycles. The summed E-state index contributed by atoms with van der Waals surface area (Å²) in [5.74, 6) is 1.73. The molecule has 2 atom stereocenters. The van der Waals surface area contributed by atoms with E-state index in [9.17, 15) is 0 Å². The summed E-state index contributed by atoms with van der Waals surface area (Å²) in [7, 11) is 5.30. The summed E-state index contributed by atoms with van der Waals surface area (Å²) in [6.45, 7) is 8.02. The average molecular weight is 434 g/mol. The number of hydrogen-bond donors (Lipinski definition) is 2. The zero-order valence-electron chi connectivity index (χ0n) is 19.3. The molecule has 2 aliphatic rings. The van der Waals surface area contributed by atoms with Crippen molar-refractivity contribution in [2.75, 3.05) is 80.4 Å². The molecule has 2 fully saturated rings. The van der Waals surface area contributed by atoms with Gasteiger partial charge in [0.1, 0.15) is 5.75 Å². The number of morpholine rings is 1. The van der Waals surface area contributed by atoms with Crippen molar-refractivity contribution in [1.29, 1.82) is 0 Å². The molecule has 0 aromatic heterocycles. The van der Waals surface area contributed by atoms with E-state index < -0.39 is 0 Å². The van der Waals surface area contributed by atoms with Crippen LogP contribution in [0.5, 0.6) is 5.75 Å². The maximum atomic E-state index is 5.57. The molecule has 3 rings (SSSR count). The zero-order chi connectivity index (χ0) is 21.9. The Balaban J connectivity index is 1.56. The van der Waals surface area contributed by atoms with Crippen LogP contribution in [0.25, 0.3) is 0 Å². The molecule has 1 aromatic rings. The Bertz CT molecular complexity index is 664. The normalized spacial score (nSPS) is 21.8. The molecule has 0 amide bonds. The Hall–Kier alpha value is -1.87. The average Bonchev–Trinajstić information content (AvgIpc) is 3.28. The first-order valence-corrected chi connectivity index (χ1v) is 11.4. The summed E-state index contributed by atoms with van der Waals surface area (Å²) >= 11 is 0. The third-order valence-electron chi connectivity index (χ3n) is 6.26. The minimum absolute atomic E-state index is 0.248. The lowest BCUT2D eigenvalue weighted by Crippen LogP contribution is -2.48. The highest BCUT2D eigenvalue weighted by molar-refractivity contribution is 5.79. The fraction of sp³-hybridized carbons (Fsp3) is 0.696. The molecule has 8 heteroatoms. The lowest BCUT2D eigenvalue weighted by molar-refractivity contribution is 0.0170. The van der Waals surface area contributed by atoms with E-state index >= 15 is 0 Å². The van der Waals surface area contributed by atoms with Crippen LogP contribution in [0.1, 0.15) is 24.4 Å². The third-order valence-corrected chi connectivity index (χ3v) is 6.26. The molecule has 174 valence electrons. The van der Waals surface area contributed by atoms with Crippen molar-refractivity contribution >= 4 is 5.96 Å². The Kier molecular flexibility index (Phi) is 9.86. The van der Waals surface area contributed by atoms with Crippen LogP contribution in [-0.4, -0.2) is 102 Å². The van der Waals surface area contributed by atoms with Crippen LogP contribution in [0.4, 0.5) is 0 Å². The lowest BCUT2D eigenvalue weighted by Gasteiger charge is -2.35. The maximum Gasteiger partial charge on any atom is 0.191 e. The maximum absolute atomic E-state index is 5.57. The second-order valence-electron chi connectivity index (χ2n) is 8.10. The standard InChI is InChI=1S/C23H39N5O3/c1-24-23(25-17-20-5-4-10-27(20)11-14-29-2)26-18-22(28-12-15-31-16-13-28)19-6-8-21(30-3)9-7-19/h6-9,20,22H,4-5,10-18H2,1-3H3,(H2,24,25,26). The number of guanidine groups is 1. The molecule has 0 bridgehead atoms. The molecule has 2 heterocycles. The van der Waals surface area contributed by atoms with Gasteiger partial charge >= 0.3 is 0 Å². The second-order valence-corrected chi connectivity index (χ2v) is 8.10. The van der Waals surface area contributed by atoms with Gasteiger partial charge in [-0.15, -0.1) is 0 Å². The smallest absolute Gasteiger partial charge is 0.191 e. The Labute approximate surface area is 186 Å². The molecule has 2 N–H and O–H groups in total. The lowest BCUT2D eigenvalue weighted by atomic mass is 10.0.